The highest BCUT2D eigenvalue weighted by atomic mass is 14.2. The third kappa shape index (κ3) is 3.68. The second-order valence-electron chi connectivity index (χ2n) is 12.5. The highest BCUT2D eigenvalue weighted by Gasteiger charge is 2.20. The quantitative estimate of drug-likeness (QED) is 0.144. The van der Waals surface area contributed by atoms with E-state index in [2.05, 4.69) is 170 Å². The van der Waals surface area contributed by atoms with Gasteiger partial charge in [-0.3, -0.25) is 0 Å². The van der Waals surface area contributed by atoms with Crippen LogP contribution in [-0.2, 0) is 0 Å². The van der Waals surface area contributed by atoms with Gasteiger partial charge in [0.15, 0.2) is 0 Å². The van der Waals surface area contributed by atoms with Crippen LogP contribution in [0.5, 0.6) is 0 Å². The minimum atomic E-state index is 1.23. The minimum Gasteiger partial charge on any atom is -0.0616 e. The Morgan fingerprint density at radius 3 is 1.59 bits per heavy atom. The van der Waals surface area contributed by atoms with E-state index in [9.17, 15) is 0 Å². The first-order valence-corrected chi connectivity index (χ1v) is 16.0. The van der Waals surface area contributed by atoms with Gasteiger partial charge in [-0.1, -0.05) is 152 Å². The van der Waals surface area contributed by atoms with Gasteiger partial charge in [0.25, 0.3) is 0 Å². The molecule has 0 bridgehead atoms. The number of hydrogen-bond acceptors (Lipinski definition) is 0. The van der Waals surface area contributed by atoms with Crippen LogP contribution in [0.25, 0.3) is 99.4 Å². The molecular formula is C46H28. The van der Waals surface area contributed by atoms with Crippen LogP contribution >= 0.6 is 0 Å². The van der Waals surface area contributed by atoms with Gasteiger partial charge < -0.3 is 0 Å². The number of benzene rings is 9. The van der Waals surface area contributed by atoms with Crippen LogP contribution < -0.4 is 0 Å². The molecule has 9 aromatic rings. The topological polar surface area (TPSA) is 0 Å². The molecule has 0 heterocycles. The first-order chi connectivity index (χ1) is 22.8. The Bertz CT molecular complexity index is 2670. The number of rotatable bonds is 3. The van der Waals surface area contributed by atoms with Crippen molar-refractivity contribution in [2.24, 2.45) is 0 Å². The molecule has 0 aromatic heterocycles. The van der Waals surface area contributed by atoms with Gasteiger partial charge in [-0.2, -0.15) is 0 Å². The highest BCUT2D eigenvalue weighted by molar-refractivity contribution is 6.18. The zero-order chi connectivity index (χ0) is 30.2. The van der Waals surface area contributed by atoms with Crippen LogP contribution in [0.3, 0.4) is 0 Å². The first-order valence-electron chi connectivity index (χ1n) is 16.0. The molecule has 0 N–H and O–H groups in total. The molecule has 0 saturated heterocycles. The lowest BCUT2D eigenvalue weighted by Gasteiger charge is -2.20. The Morgan fingerprint density at radius 1 is 0.283 bits per heavy atom. The van der Waals surface area contributed by atoms with Crippen molar-refractivity contribution in [3.05, 3.63) is 169 Å². The molecule has 0 radical (unpaired) electrons. The molecule has 1 aliphatic carbocycles. The second-order valence-corrected chi connectivity index (χ2v) is 12.5. The maximum absolute atomic E-state index is 2.45. The van der Waals surface area contributed by atoms with Gasteiger partial charge in [0.1, 0.15) is 0 Å². The summed E-state index contributed by atoms with van der Waals surface area (Å²) in [5, 5.41) is 12.8. The van der Waals surface area contributed by atoms with Crippen LogP contribution in [0.2, 0.25) is 0 Å². The first kappa shape index (κ1) is 25.4. The lowest BCUT2D eigenvalue weighted by molar-refractivity contribution is 1.61. The van der Waals surface area contributed by atoms with E-state index in [4.69, 9.17) is 0 Å². The van der Waals surface area contributed by atoms with E-state index in [1.165, 1.54) is 98.4 Å². The molecular weight excluding hydrogens is 553 g/mol. The lowest BCUT2D eigenvalue weighted by atomic mass is 9.84. The van der Waals surface area contributed by atoms with Gasteiger partial charge in [0, 0.05) is 0 Å². The van der Waals surface area contributed by atoms with E-state index in [0.29, 0.717) is 0 Å². The summed E-state index contributed by atoms with van der Waals surface area (Å²) in [7, 11) is 0. The molecule has 0 amide bonds. The molecule has 46 heavy (non-hydrogen) atoms. The largest absolute Gasteiger partial charge is 0.0616 e. The Morgan fingerprint density at radius 2 is 0.848 bits per heavy atom. The molecule has 9 aromatic carbocycles. The smallest absolute Gasteiger partial charge is 0.00206 e. The summed E-state index contributed by atoms with van der Waals surface area (Å²) in [5.74, 6) is 0. The maximum Gasteiger partial charge on any atom is -0.00206 e. The SMILES string of the molecule is C1=Cc2ccc(-c3cc(-c4cc5ccccc5c5ccccc45)ccc3-c3c4ccccc4cc4ccccc34)c3cccc1c23. The third-order valence-electron chi connectivity index (χ3n) is 9.98. The average Bonchev–Trinajstić information content (AvgIpc) is 3.55. The molecule has 0 fully saturated rings. The summed E-state index contributed by atoms with van der Waals surface area (Å²) in [6, 6.07) is 58.5. The molecule has 0 heteroatoms. The Balaban J connectivity index is 1.34. The third-order valence-corrected chi connectivity index (χ3v) is 9.98. The monoisotopic (exact) mass is 580 g/mol. The van der Waals surface area contributed by atoms with E-state index in [-0.39, 0.29) is 0 Å². The minimum absolute atomic E-state index is 1.23. The van der Waals surface area contributed by atoms with E-state index >= 15 is 0 Å². The van der Waals surface area contributed by atoms with Gasteiger partial charge in [0.2, 0.25) is 0 Å². The van der Waals surface area contributed by atoms with E-state index in [1.54, 1.807) is 0 Å². The summed E-state index contributed by atoms with van der Waals surface area (Å²) in [6.07, 6.45) is 4.50. The standard InChI is InChI=1S/C46H28/c1-4-14-35-33(12-1)27-43(39-18-8-7-17-38(35)39)34-23-25-42(46-36-15-5-2-10-31(36)26-32-11-3-6-16-37(32)46)44(28-34)40-24-22-30-21-20-29-13-9-19-41(40)45(29)30/h1-28H. The fourth-order valence-electron chi connectivity index (χ4n) is 7.90. The fraction of sp³-hybridized carbons (Fsp3) is 0. The normalized spacial score (nSPS) is 12.3. The van der Waals surface area contributed by atoms with Crippen molar-refractivity contribution in [1.29, 1.82) is 0 Å². The van der Waals surface area contributed by atoms with Crippen LogP contribution in [0.4, 0.5) is 0 Å². The molecule has 0 aliphatic heterocycles. The lowest BCUT2D eigenvalue weighted by Crippen LogP contribution is -1.93. The summed E-state index contributed by atoms with van der Waals surface area (Å²) in [5.41, 5.74) is 10.2. The predicted molar refractivity (Wildman–Crippen MR) is 199 cm³/mol. The molecule has 0 atom stereocenters. The molecule has 0 spiro atoms. The van der Waals surface area contributed by atoms with Crippen molar-refractivity contribution in [3.8, 4) is 33.4 Å². The van der Waals surface area contributed by atoms with Crippen molar-refractivity contribution < 1.29 is 0 Å². The van der Waals surface area contributed by atoms with Crippen LogP contribution in [0, 0.1) is 0 Å². The zero-order valence-corrected chi connectivity index (χ0v) is 25.2. The molecule has 1 aliphatic rings. The van der Waals surface area contributed by atoms with Gasteiger partial charge in [-0.05, 0) is 117 Å². The molecule has 0 saturated carbocycles. The summed E-state index contributed by atoms with van der Waals surface area (Å²) >= 11 is 0. The summed E-state index contributed by atoms with van der Waals surface area (Å²) in [4.78, 5) is 0. The predicted octanol–water partition coefficient (Wildman–Crippen LogP) is 12.9. The van der Waals surface area contributed by atoms with E-state index in [1.807, 2.05) is 0 Å². The van der Waals surface area contributed by atoms with Crippen LogP contribution in [-0.4, -0.2) is 0 Å². The van der Waals surface area contributed by atoms with Crippen molar-refractivity contribution in [2.45, 2.75) is 0 Å². The number of hydrogen-bond donors (Lipinski definition) is 0. The Labute approximate surface area is 267 Å². The summed E-state index contributed by atoms with van der Waals surface area (Å²) in [6.45, 7) is 0. The molecule has 212 valence electrons. The van der Waals surface area contributed by atoms with Crippen molar-refractivity contribution >= 4 is 66.0 Å². The highest BCUT2D eigenvalue weighted by Crippen LogP contribution is 2.46. The van der Waals surface area contributed by atoms with E-state index < -0.39 is 0 Å². The van der Waals surface area contributed by atoms with Crippen molar-refractivity contribution in [3.63, 3.8) is 0 Å². The van der Waals surface area contributed by atoms with Gasteiger partial charge in [-0.25, -0.2) is 0 Å². The molecule has 0 nitrogen and oxygen atoms in total. The van der Waals surface area contributed by atoms with Crippen molar-refractivity contribution in [1.82, 2.24) is 0 Å². The average molecular weight is 581 g/mol. The van der Waals surface area contributed by atoms with Crippen molar-refractivity contribution in [2.75, 3.05) is 0 Å². The zero-order valence-electron chi connectivity index (χ0n) is 25.2. The van der Waals surface area contributed by atoms with Gasteiger partial charge >= 0.3 is 0 Å². The molecule has 0 unspecified atom stereocenters. The van der Waals surface area contributed by atoms with Gasteiger partial charge in [-0.15, -0.1) is 0 Å². The second kappa shape index (κ2) is 9.76. The fourth-order valence-corrected chi connectivity index (χ4v) is 7.90. The van der Waals surface area contributed by atoms with Gasteiger partial charge in [0.05, 0.1) is 0 Å². The summed E-state index contributed by atoms with van der Waals surface area (Å²) < 4.78 is 0. The van der Waals surface area contributed by atoms with E-state index in [0.717, 1.165) is 0 Å². The maximum atomic E-state index is 2.45. The Hall–Kier alpha value is -5.98. The van der Waals surface area contributed by atoms with Crippen LogP contribution in [0.1, 0.15) is 11.1 Å². The molecule has 10 rings (SSSR count). The Kier molecular flexibility index (Phi) is 5.38. The number of fused-ring (bicyclic) bond motifs is 5. The van der Waals surface area contributed by atoms with Crippen LogP contribution in [0.15, 0.2) is 158 Å².